The monoisotopic (exact) mass is 233 g/mol. The maximum Gasteiger partial charge on any atom is 0.255 e. The zero-order valence-electron chi connectivity index (χ0n) is 9.39. The molecule has 0 aliphatic heterocycles. The third-order valence-electron chi connectivity index (χ3n) is 2.48. The van der Waals surface area contributed by atoms with Gasteiger partial charge in [-0.15, -0.1) is 0 Å². The van der Waals surface area contributed by atoms with Gasteiger partial charge in [-0.2, -0.15) is 0 Å². The van der Waals surface area contributed by atoms with Crippen molar-refractivity contribution in [2.75, 3.05) is 7.11 Å². The predicted molar refractivity (Wildman–Crippen MR) is 63.4 cm³/mol. The van der Waals surface area contributed by atoms with Gasteiger partial charge >= 0.3 is 0 Å². The average molecular weight is 233 g/mol. The molecule has 1 aromatic heterocycles. The van der Waals surface area contributed by atoms with E-state index in [2.05, 4.69) is 0 Å². The van der Waals surface area contributed by atoms with Crippen LogP contribution < -0.4 is 10.3 Å². The van der Waals surface area contributed by atoms with Gasteiger partial charge in [0.2, 0.25) is 0 Å². The first kappa shape index (κ1) is 11.4. The van der Waals surface area contributed by atoms with Crippen molar-refractivity contribution in [2.24, 2.45) is 0 Å². The molecule has 0 amide bonds. The summed E-state index contributed by atoms with van der Waals surface area (Å²) in [7, 11) is 1.57. The predicted octanol–water partition coefficient (Wildman–Crippen LogP) is 2.32. The summed E-state index contributed by atoms with van der Waals surface area (Å²) in [6.45, 7) is -0.587. The van der Waals surface area contributed by atoms with Gasteiger partial charge in [0.1, 0.15) is 12.4 Å². The second-order valence-corrected chi connectivity index (χ2v) is 3.58. The molecule has 0 bridgehead atoms. The number of nitrogens with zero attached hydrogens (tertiary/aromatic N) is 1. The second-order valence-electron chi connectivity index (χ2n) is 3.58. The molecule has 0 fully saturated rings. The molecule has 0 spiro atoms. The largest absolute Gasteiger partial charge is 0.497 e. The molecule has 17 heavy (non-hydrogen) atoms. The van der Waals surface area contributed by atoms with E-state index in [9.17, 15) is 9.18 Å². The number of methoxy groups -OCH3 is 1. The molecular weight excluding hydrogens is 221 g/mol. The number of hydrogen-bond acceptors (Lipinski definition) is 2. The number of alkyl halides is 1. The van der Waals surface area contributed by atoms with Crippen LogP contribution in [0.1, 0.15) is 5.56 Å². The van der Waals surface area contributed by atoms with Crippen LogP contribution in [-0.2, 0) is 6.67 Å². The van der Waals surface area contributed by atoms with Crippen molar-refractivity contribution in [3.05, 3.63) is 58.5 Å². The van der Waals surface area contributed by atoms with E-state index in [-0.39, 0.29) is 5.56 Å². The smallest absolute Gasteiger partial charge is 0.255 e. The fourth-order valence-electron chi connectivity index (χ4n) is 1.55. The molecule has 0 saturated carbocycles. The lowest BCUT2D eigenvalue weighted by Crippen LogP contribution is -2.16. The Morgan fingerprint density at radius 1 is 1.18 bits per heavy atom. The Morgan fingerprint density at radius 2 is 1.88 bits per heavy atom. The third kappa shape index (κ3) is 2.36. The van der Waals surface area contributed by atoms with Gasteiger partial charge in [0, 0.05) is 18.0 Å². The van der Waals surface area contributed by atoms with Gasteiger partial charge in [-0.1, -0.05) is 0 Å². The van der Waals surface area contributed by atoms with Gasteiger partial charge in [0.25, 0.3) is 5.56 Å². The van der Waals surface area contributed by atoms with Crippen molar-refractivity contribution < 1.29 is 9.13 Å². The fourth-order valence-corrected chi connectivity index (χ4v) is 1.55. The summed E-state index contributed by atoms with van der Waals surface area (Å²) in [5.41, 5.74) is 0.971. The molecule has 3 nitrogen and oxygen atoms in total. The number of benzene rings is 1. The van der Waals surface area contributed by atoms with E-state index in [4.69, 9.17) is 4.74 Å². The normalized spacial score (nSPS) is 10.2. The fraction of sp³-hybridized carbons (Fsp3) is 0.154. The Bertz CT molecular complexity index is 560. The van der Waals surface area contributed by atoms with Crippen LogP contribution in [0.3, 0.4) is 0 Å². The number of pyridine rings is 1. The van der Waals surface area contributed by atoms with Crippen molar-refractivity contribution >= 4 is 0 Å². The number of hydrogen-bond donors (Lipinski definition) is 0. The Hall–Kier alpha value is -2.10. The van der Waals surface area contributed by atoms with Crippen molar-refractivity contribution in [3.63, 3.8) is 0 Å². The standard InChI is InChI=1S/C13H12FNO2/c1-17-12-5-3-11(4-6-12)15-9-10(8-14)2-7-13(15)16/h2-7,9H,8H2,1H3. The molecule has 1 heterocycles. The molecule has 2 aromatic rings. The summed E-state index contributed by atoms with van der Waals surface area (Å²) >= 11 is 0. The molecular formula is C13H12FNO2. The minimum atomic E-state index is -0.587. The highest BCUT2D eigenvalue weighted by Gasteiger charge is 2.01. The highest BCUT2D eigenvalue weighted by atomic mass is 19.1. The van der Waals surface area contributed by atoms with Gasteiger partial charge in [0.05, 0.1) is 7.11 Å². The van der Waals surface area contributed by atoms with Crippen molar-refractivity contribution in [2.45, 2.75) is 6.67 Å². The molecule has 0 aliphatic carbocycles. The summed E-state index contributed by atoms with van der Waals surface area (Å²) in [5, 5.41) is 0. The van der Waals surface area contributed by atoms with E-state index in [0.717, 1.165) is 0 Å². The summed E-state index contributed by atoms with van der Waals surface area (Å²) in [5.74, 6) is 0.712. The Morgan fingerprint density at radius 3 is 2.47 bits per heavy atom. The van der Waals surface area contributed by atoms with Crippen LogP contribution in [0.4, 0.5) is 4.39 Å². The maximum absolute atomic E-state index is 12.5. The van der Waals surface area contributed by atoms with Gasteiger partial charge in [-0.25, -0.2) is 4.39 Å². The van der Waals surface area contributed by atoms with Crippen LogP contribution in [0.25, 0.3) is 5.69 Å². The second kappa shape index (κ2) is 4.82. The maximum atomic E-state index is 12.5. The number of ether oxygens (including phenoxy) is 1. The SMILES string of the molecule is COc1ccc(-n2cc(CF)ccc2=O)cc1. The minimum absolute atomic E-state index is 0.188. The molecule has 88 valence electrons. The van der Waals surface area contributed by atoms with E-state index < -0.39 is 6.67 Å². The van der Waals surface area contributed by atoms with Crippen molar-refractivity contribution in [1.82, 2.24) is 4.57 Å². The summed E-state index contributed by atoms with van der Waals surface area (Å²) in [6, 6.07) is 9.86. The lowest BCUT2D eigenvalue weighted by Gasteiger charge is -2.07. The van der Waals surface area contributed by atoms with Crippen LogP contribution in [-0.4, -0.2) is 11.7 Å². The van der Waals surface area contributed by atoms with E-state index in [1.54, 1.807) is 31.4 Å². The van der Waals surface area contributed by atoms with Gasteiger partial charge in [0.15, 0.2) is 0 Å². The lowest BCUT2D eigenvalue weighted by atomic mass is 10.2. The number of aromatic nitrogens is 1. The third-order valence-corrected chi connectivity index (χ3v) is 2.48. The molecule has 0 saturated heterocycles. The van der Waals surface area contributed by atoms with Gasteiger partial charge < -0.3 is 4.74 Å². The number of halogens is 1. The molecule has 0 N–H and O–H groups in total. The van der Waals surface area contributed by atoms with Crippen molar-refractivity contribution in [1.29, 1.82) is 0 Å². The average Bonchev–Trinajstić information content (AvgIpc) is 2.39. The molecule has 0 unspecified atom stereocenters. The zero-order chi connectivity index (χ0) is 12.3. The Kier molecular flexibility index (Phi) is 3.23. The van der Waals surface area contributed by atoms with E-state index in [0.29, 0.717) is 17.0 Å². The first-order valence-electron chi connectivity index (χ1n) is 5.16. The first-order valence-corrected chi connectivity index (χ1v) is 5.16. The highest BCUT2D eigenvalue weighted by Crippen LogP contribution is 2.14. The molecule has 1 aromatic carbocycles. The van der Waals surface area contributed by atoms with Crippen LogP contribution >= 0.6 is 0 Å². The minimum Gasteiger partial charge on any atom is -0.497 e. The molecule has 0 aliphatic rings. The molecule has 4 heteroatoms. The topological polar surface area (TPSA) is 31.2 Å². The Balaban J connectivity index is 2.47. The zero-order valence-corrected chi connectivity index (χ0v) is 9.39. The van der Waals surface area contributed by atoms with Crippen LogP contribution in [0, 0.1) is 0 Å². The van der Waals surface area contributed by atoms with E-state index >= 15 is 0 Å². The molecule has 0 atom stereocenters. The van der Waals surface area contributed by atoms with E-state index in [1.807, 2.05) is 0 Å². The summed E-state index contributed by atoms with van der Waals surface area (Å²) in [6.07, 6.45) is 1.50. The van der Waals surface area contributed by atoms with E-state index in [1.165, 1.54) is 22.9 Å². The first-order chi connectivity index (χ1) is 8.24. The highest BCUT2D eigenvalue weighted by molar-refractivity contribution is 5.38. The van der Waals surface area contributed by atoms with Gasteiger partial charge in [-0.05, 0) is 35.9 Å². The molecule has 2 rings (SSSR count). The Labute approximate surface area is 98.1 Å². The van der Waals surface area contributed by atoms with Crippen LogP contribution in [0.15, 0.2) is 47.4 Å². The van der Waals surface area contributed by atoms with Gasteiger partial charge in [-0.3, -0.25) is 9.36 Å². The van der Waals surface area contributed by atoms with Crippen molar-refractivity contribution in [3.8, 4) is 11.4 Å². The lowest BCUT2D eigenvalue weighted by molar-refractivity contribution is 0.414. The summed E-state index contributed by atoms with van der Waals surface area (Å²) < 4.78 is 19.0. The van der Waals surface area contributed by atoms with Crippen LogP contribution in [0.5, 0.6) is 5.75 Å². The number of rotatable bonds is 3. The summed E-state index contributed by atoms with van der Waals surface area (Å²) in [4.78, 5) is 11.7. The van der Waals surface area contributed by atoms with Crippen LogP contribution in [0.2, 0.25) is 0 Å². The molecule has 0 radical (unpaired) electrons. The quantitative estimate of drug-likeness (QED) is 0.814.